The number of nitrogens with zero attached hydrogens (tertiary/aromatic N) is 3. The third-order valence-electron chi connectivity index (χ3n) is 3.17. The van der Waals surface area contributed by atoms with E-state index < -0.39 is 0 Å². The molecule has 0 aliphatic rings. The van der Waals surface area contributed by atoms with Gasteiger partial charge in [-0.15, -0.1) is 0 Å². The molecule has 0 atom stereocenters. The Balaban J connectivity index is 0.00000176. The molecule has 4 nitrogen and oxygen atoms in total. The van der Waals surface area contributed by atoms with E-state index in [9.17, 15) is 0 Å². The van der Waals surface area contributed by atoms with Crippen molar-refractivity contribution in [3.05, 3.63) is 71.9 Å². The van der Waals surface area contributed by atoms with Gasteiger partial charge in [0.05, 0.1) is 11.9 Å². The summed E-state index contributed by atoms with van der Waals surface area (Å²) in [7, 11) is 0. The molecule has 0 N–H and O–H groups in total. The van der Waals surface area contributed by atoms with Gasteiger partial charge in [0.15, 0.2) is 0 Å². The van der Waals surface area contributed by atoms with Gasteiger partial charge in [0.1, 0.15) is 6.61 Å². The number of rotatable bonds is 4. The first-order valence-electron chi connectivity index (χ1n) is 6.75. The summed E-state index contributed by atoms with van der Waals surface area (Å²) in [5.74, 6) is 0. The summed E-state index contributed by atoms with van der Waals surface area (Å²) < 4.78 is 5.61. The summed E-state index contributed by atoms with van der Waals surface area (Å²) >= 11 is 0. The average molecular weight is 293 g/mol. The lowest BCUT2D eigenvalue weighted by Crippen LogP contribution is -2.01. The van der Waals surface area contributed by atoms with E-state index in [1.165, 1.54) is 0 Å². The van der Waals surface area contributed by atoms with Gasteiger partial charge in [-0.05, 0) is 18.1 Å². The Labute approximate surface area is 130 Å². The van der Waals surface area contributed by atoms with Crippen LogP contribution in [0.3, 0.4) is 0 Å². The molecule has 22 heavy (non-hydrogen) atoms. The lowest BCUT2D eigenvalue weighted by atomic mass is 10.1. The van der Waals surface area contributed by atoms with E-state index >= 15 is 0 Å². The molecule has 0 saturated carbocycles. The molecule has 0 spiro atoms. The second-order valence-electron chi connectivity index (χ2n) is 4.71. The monoisotopic (exact) mass is 293 g/mol. The van der Waals surface area contributed by atoms with Crippen LogP contribution in [0.15, 0.2) is 60.8 Å². The molecule has 3 aromatic rings. The van der Waals surface area contributed by atoms with Crippen LogP contribution in [0.4, 0.5) is 0 Å². The van der Waals surface area contributed by atoms with Gasteiger partial charge in [-0.3, -0.25) is 0 Å². The molecule has 112 valence electrons. The van der Waals surface area contributed by atoms with Crippen molar-refractivity contribution in [2.45, 2.75) is 21.0 Å². The zero-order valence-electron chi connectivity index (χ0n) is 11.7. The highest BCUT2D eigenvalue weighted by Crippen LogP contribution is 2.21. The topological polar surface area (TPSA) is 47.9 Å². The summed E-state index contributed by atoms with van der Waals surface area (Å²) in [4.78, 5) is 4.42. The van der Waals surface area contributed by atoms with Gasteiger partial charge in [-0.1, -0.05) is 67.1 Å². The lowest BCUT2D eigenvalue weighted by Gasteiger charge is -2.07. The fourth-order valence-electron chi connectivity index (χ4n) is 2.06. The number of benzene rings is 2. The number of aryl methyl sites for hydroxylation is 1. The van der Waals surface area contributed by atoms with Crippen LogP contribution < -0.4 is 4.74 Å². The van der Waals surface area contributed by atoms with Crippen molar-refractivity contribution >= 4 is 0 Å². The standard InChI is InChI=1S/C17H15N3O.CH4/c1-13-7-5-6-10-15(13)16-11-18-20-17(19-16)21-12-14-8-3-2-4-9-14;/h2-11H,12H2,1H3;1H4. The average Bonchev–Trinajstić information content (AvgIpc) is 2.55. The van der Waals surface area contributed by atoms with E-state index in [-0.39, 0.29) is 7.43 Å². The van der Waals surface area contributed by atoms with Gasteiger partial charge in [0.2, 0.25) is 0 Å². The Morgan fingerprint density at radius 1 is 0.955 bits per heavy atom. The Morgan fingerprint density at radius 3 is 2.45 bits per heavy atom. The van der Waals surface area contributed by atoms with E-state index in [1.54, 1.807) is 6.20 Å². The maximum absolute atomic E-state index is 5.61. The van der Waals surface area contributed by atoms with Gasteiger partial charge in [0.25, 0.3) is 0 Å². The molecule has 0 amide bonds. The Kier molecular flexibility index (Phi) is 5.20. The van der Waals surface area contributed by atoms with Gasteiger partial charge in [-0.2, -0.15) is 10.1 Å². The molecule has 3 rings (SSSR count). The SMILES string of the molecule is C.Cc1ccccc1-c1cnnc(OCc2ccccc2)n1. The van der Waals surface area contributed by atoms with Gasteiger partial charge < -0.3 is 4.74 Å². The van der Waals surface area contributed by atoms with Crippen molar-refractivity contribution in [1.29, 1.82) is 0 Å². The molecule has 2 aromatic carbocycles. The first-order valence-corrected chi connectivity index (χ1v) is 6.75. The highest BCUT2D eigenvalue weighted by molar-refractivity contribution is 5.62. The predicted octanol–water partition coefficient (Wildman–Crippen LogP) is 4.06. The third kappa shape index (κ3) is 3.67. The fraction of sp³-hybridized carbons (Fsp3) is 0.167. The highest BCUT2D eigenvalue weighted by Gasteiger charge is 2.06. The highest BCUT2D eigenvalue weighted by atomic mass is 16.5. The number of ether oxygens (including phenoxy) is 1. The van der Waals surface area contributed by atoms with Crippen molar-refractivity contribution in [3.63, 3.8) is 0 Å². The fourth-order valence-corrected chi connectivity index (χ4v) is 2.06. The molecule has 0 saturated heterocycles. The summed E-state index contributed by atoms with van der Waals surface area (Å²) in [6.45, 7) is 2.47. The smallest absolute Gasteiger partial charge is 0.336 e. The van der Waals surface area contributed by atoms with E-state index in [4.69, 9.17) is 4.74 Å². The molecular formula is C18H19N3O. The van der Waals surface area contributed by atoms with Gasteiger partial charge in [0, 0.05) is 5.56 Å². The van der Waals surface area contributed by atoms with Crippen molar-refractivity contribution in [3.8, 4) is 17.3 Å². The molecule has 0 aliphatic heterocycles. The second kappa shape index (κ2) is 7.31. The minimum atomic E-state index is 0. The van der Waals surface area contributed by atoms with Crippen molar-refractivity contribution in [1.82, 2.24) is 15.2 Å². The zero-order valence-corrected chi connectivity index (χ0v) is 11.7. The van der Waals surface area contributed by atoms with Crippen LogP contribution in [-0.4, -0.2) is 15.2 Å². The lowest BCUT2D eigenvalue weighted by molar-refractivity contribution is 0.277. The van der Waals surface area contributed by atoms with E-state index in [2.05, 4.69) is 15.2 Å². The predicted molar refractivity (Wildman–Crippen MR) is 87.5 cm³/mol. The minimum Gasteiger partial charge on any atom is -0.458 e. The molecule has 1 heterocycles. The Morgan fingerprint density at radius 2 is 1.68 bits per heavy atom. The summed E-state index contributed by atoms with van der Waals surface area (Å²) in [6, 6.07) is 18.2. The second-order valence-corrected chi connectivity index (χ2v) is 4.71. The molecule has 0 aliphatic carbocycles. The maximum Gasteiger partial charge on any atom is 0.336 e. The molecule has 0 unspecified atom stereocenters. The maximum atomic E-state index is 5.61. The number of hydrogen-bond acceptors (Lipinski definition) is 4. The molecular weight excluding hydrogens is 274 g/mol. The normalized spacial score (nSPS) is 9.86. The van der Waals surface area contributed by atoms with Crippen molar-refractivity contribution in [2.75, 3.05) is 0 Å². The number of aromatic nitrogens is 3. The molecule has 0 radical (unpaired) electrons. The summed E-state index contributed by atoms with van der Waals surface area (Å²) in [5, 5.41) is 7.90. The van der Waals surface area contributed by atoms with Crippen LogP contribution in [0.5, 0.6) is 6.01 Å². The van der Waals surface area contributed by atoms with Crippen molar-refractivity contribution in [2.24, 2.45) is 0 Å². The van der Waals surface area contributed by atoms with E-state index in [0.717, 1.165) is 22.4 Å². The first-order chi connectivity index (χ1) is 10.3. The van der Waals surface area contributed by atoms with Crippen molar-refractivity contribution < 1.29 is 4.74 Å². The Bertz CT molecular complexity index is 729. The largest absolute Gasteiger partial charge is 0.458 e. The van der Waals surface area contributed by atoms with E-state index in [0.29, 0.717) is 12.6 Å². The zero-order chi connectivity index (χ0) is 14.5. The van der Waals surface area contributed by atoms with Crippen LogP contribution in [0.1, 0.15) is 18.6 Å². The van der Waals surface area contributed by atoms with E-state index in [1.807, 2.05) is 61.5 Å². The quantitative estimate of drug-likeness (QED) is 0.727. The van der Waals surface area contributed by atoms with Crippen LogP contribution in [0.2, 0.25) is 0 Å². The van der Waals surface area contributed by atoms with Crippen LogP contribution in [0, 0.1) is 6.92 Å². The summed E-state index contributed by atoms with van der Waals surface area (Å²) in [6.07, 6.45) is 1.65. The van der Waals surface area contributed by atoms with Crippen LogP contribution >= 0.6 is 0 Å². The number of hydrogen-bond donors (Lipinski definition) is 0. The third-order valence-corrected chi connectivity index (χ3v) is 3.17. The van der Waals surface area contributed by atoms with Gasteiger partial charge in [-0.25, -0.2) is 0 Å². The first kappa shape index (κ1) is 15.6. The Hall–Kier alpha value is -2.75. The van der Waals surface area contributed by atoms with Gasteiger partial charge >= 0.3 is 6.01 Å². The molecule has 0 fully saturated rings. The summed E-state index contributed by atoms with van der Waals surface area (Å²) in [5.41, 5.74) is 4.03. The minimum absolute atomic E-state index is 0. The molecule has 1 aromatic heterocycles. The molecule has 4 heteroatoms. The molecule has 0 bridgehead atoms. The van der Waals surface area contributed by atoms with Crippen LogP contribution in [0.25, 0.3) is 11.3 Å². The van der Waals surface area contributed by atoms with Crippen LogP contribution in [-0.2, 0) is 6.61 Å².